The van der Waals surface area contributed by atoms with Crippen molar-refractivity contribution in [3.8, 4) is 12.1 Å². The van der Waals surface area contributed by atoms with Crippen LogP contribution in [0.15, 0.2) is 18.3 Å². The largest absolute Gasteiger partial charge is 0.358 e. The van der Waals surface area contributed by atoms with Crippen molar-refractivity contribution in [2.24, 2.45) is 0 Å². The molecule has 20 heavy (non-hydrogen) atoms. The molecule has 0 atom stereocenters. The van der Waals surface area contributed by atoms with Crippen LogP contribution in [0, 0.1) is 26.2 Å². The van der Waals surface area contributed by atoms with Crippen molar-refractivity contribution in [1.82, 2.24) is 20.6 Å². The van der Waals surface area contributed by atoms with E-state index in [4.69, 9.17) is 22.1 Å². The van der Waals surface area contributed by atoms with Gasteiger partial charge in [-0.05, 0) is 39.9 Å². The number of hydrogen-bond acceptors (Lipinski definition) is 6. The van der Waals surface area contributed by atoms with Gasteiger partial charge in [0.1, 0.15) is 11.6 Å². The van der Waals surface area contributed by atoms with Crippen LogP contribution in [0.4, 0.5) is 5.69 Å². The first-order chi connectivity index (χ1) is 9.65. The van der Waals surface area contributed by atoms with Crippen LogP contribution >= 0.6 is 34.2 Å². The second-order valence-corrected chi connectivity index (χ2v) is 5.05. The summed E-state index contributed by atoms with van der Waals surface area (Å²) in [5, 5.41) is 34.3. The maximum Gasteiger partial charge on any atom is 0.216 e. The summed E-state index contributed by atoms with van der Waals surface area (Å²) in [6.45, 7) is 0. The highest BCUT2D eigenvalue weighted by Gasteiger charge is 2.09. The summed E-state index contributed by atoms with van der Waals surface area (Å²) < 4.78 is 0.758. The van der Waals surface area contributed by atoms with Gasteiger partial charge in [0.15, 0.2) is 0 Å². The number of halogens is 2. The normalized spacial score (nSPS) is 10.7. The number of H-pyrrole nitrogens is 1. The van der Waals surface area contributed by atoms with E-state index in [1.807, 2.05) is 34.7 Å². The molecule has 2 rings (SSSR count). The lowest BCUT2D eigenvalue weighted by molar-refractivity contribution is 0.881. The molecular formula is C11H5ClIN7. The van der Waals surface area contributed by atoms with E-state index in [0.29, 0.717) is 16.3 Å². The van der Waals surface area contributed by atoms with Gasteiger partial charge < -0.3 is 5.32 Å². The topological polar surface area (TPSA) is 114 Å². The van der Waals surface area contributed by atoms with Gasteiger partial charge in [0.2, 0.25) is 5.82 Å². The molecule has 0 saturated carbocycles. The molecule has 0 amide bonds. The number of allylic oxidation sites excluding steroid dienone is 1. The molecule has 0 radical (unpaired) electrons. The van der Waals surface area contributed by atoms with Crippen molar-refractivity contribution < 1.29 is 0 Å². The van der Waals surface area contributed by atoms with E-state index >= 15 is 0 Å². The minimum Gasteiger partial charge on any atom is -0.358 e. The minimum atomic E-state index is 0.180. The Bertz CT molecular complexity index is 716. The summed E-state index contributed by atoms with van der Waals surface area (Å²) in [7, 11) is 0. The average molecular weight is 398 g/mol. The standard InChI is InChI=1S/C11H5ClIN7/c12-8-1-6(3-14)2-9(13)10(8)16-5-7(4-15)11-17-19-20-18-11/h1-2,5,16H,(H,17,18,19,20). The van der Waals surface area contributed by atoms with Crippen LogP contribution < -0.4 is 5.32 Å². The number of aromatic amines is 1. The Hall–Kier alpha value is -2.17. The summed E-state index contributed by atoms with van der Waals surface area (Å²) in [4.78, 5) is 0. The molecule has 0 bridgehead atoms. The SMILES string of the molecule is N#CC(=CNc1c(Cl)cc(C#N)cc1I)c1nn[nH]n1. The fraction of sp³-hybridized carbons (Fsp3) is 0. The Morgan fingerprint density at radius 2 is 2.25 bits per heavy atom. The fourth-order valence-corrected chi connectivity index (χ4v) is 2.56. The molecule has 1 heterocycles. The molecule has 0 unspecified atom stereocenters. The Labute approximate surface area is 132 Å². The van der Waals surface area contributed by atoms with Gasteiger partial charge in [-0.25, -0.2) is 0 Å². The van der Waals surface area contributed by atoms with E-state index in [0.717, 1.165) is 3.57 Å². The molecule has 1 aromatic heterocycles. The first-order valence-electron chi connectivity index (χ1n) is 5.15. The van der Waals surface area contributed by atoms with Crippen LogP contribution in [0.3, 0.4) is 0 Å². The molecule has 0 saturated heterocycles. The van der Waals surface area contributed by atoms with Crippen LogP contribution in [0.25, 0.3) is 5.57 Å². The van der Waals surface area contributed by atoms with Gasteiger partial charge in [0, 0.05) is 9.77 Å². The number of benzene rings is 1. The molecular weight excluding hydrogens is 393 g/mol. The second kappa shape index (κ2) is 6.32. The van der Waals surface area contributed by atoms with Crippen LogP contribution in [-0.2, 0) is 0 Å². The third-order valence-electron chi connectivity index (χ3n) is 2.24. The summed E-state index contributed by atoms with van der Waals surface area (Å²) in [5.74, 6) is 0.180. The van der Waals surface area contributed by atoms with Crippen molar-refractivity contribution in [3.63, 3.8) is 0 Å². The number of nitriles is 2. The van der Waals surface area contributed by atoms with E-state index in [9.17, 15) is 0 Å². The highest BCUT2D eigenvalue weighted by molar-refractivity contribution is 14.1. The molecule has 2 aromatic rings. The maximum atomic E-state index is 9.04. The van der Waals surface area contributed by atoms with Crippen LogP contribution in [0.1, 0.15) is 11.4 Å². The van der Waals surface area contributed by atoms with Crippen molar-refractivity contribution in [3.05, 3.63) is 38.3 Å². The lowest BCUT2D eigenvalue weighted by Gasteiger charge is -2.07. The zero-order valence-electron chi connectivity index (χ0n) is 9.72. The average Bonchev–Trinajstić information content (AvgIpc) is 2.95. The van der Waals surface area contributed by atoms with Crippen LogP contribution in [0.5, 0.6) is 0 Å². The van der Waals surface area contributed by atoms with Crippen LogP contribution in [0.2, 0.25) is 5.02 Å². The smallest absolute Gasteiger partial charge is 0.216 e. The molecule has 9 heteroatoms. The molecule has 1 aromatic carbocycles. The zero-order valence-corrected chi connectivity index (χ0v) is 12.6. The summed E-state index contributed by atoms with van der Waals surface area (Å²) in [6.07, 6.45) is 1.43. The van der Waals surface area contributed by atoms with Crippen molar-refractivity contribution in [2.45, 2.75) is 0 Å². The van der Waals surface area contributed by atoms with Crippen molar-refractivity contribution in [1.29, 1.82) is 10.5 Å². The number of anilines is 1. The molecule has 0 aliphatic carbocycles. The highest BCUT2D eigenvalue weighted by atomic mass is 127. The third-order valence-corrected chi connectivity index (χ3v) is 3.39. The molecule has 98 valence electrons. The Kier molecular flexibility index (Phi) is 4.50. The molecule has 0 aliphatic rings. The summed E-state index contributed by atoms with van der Waals surface area (Å²) in [5.41, 5.74) is 1.27. The Morgan fingerprint density at radius 1 is 1.45 bits per heavy atom. The van der Waals surface area contributed by atoms with E-state index in [-0.39, 0.29) is 11.4 Å². The second-order valence-electron chi connectivity index (χ2n) is 3.48. The first kappa shape index (κ1) is 14.2. The Balaban J connectivity index is 2.32. The summed E-state index contributed by atoms with van der Waals surface area (Å²) >= 11 is 8.13. The van der Waals surface area contributed by atoms with Gasteiger partial charge in [0.05, 0.1) is 22.3 Å². The monoisotopic (exact) mass is 397 g/mol. The van der Waals surface area contributed by atoms with E-state index < -0.39 is 0 Å². The molecule has 0 aliphatic heterocycles. The van der Waals surface area contributed by atoms with Gasteiger partial charge in [0.25, 0.3) is 0 Å². The maximum absolute atomic E-state index is 9.04. The van der Waals surface area contributed by atoms with Gasteiger partial charge in [-0.3, -0.25) is 0 Å². The number of rotatable bonds is 3. The fourth-order valence-electron chi connectivity index (χ4n) is 1.34. The van der Waals surface area contributed by atoms with Gasteiger partial charge >= 0.3 is 0 Å². The number of nitrogens with one attached hydrogen (secondary N) is 2. The summed E-state index contributed by atoms with van der Waals surface area (Å²) in [6, 6.07) is 7.19. The highest BCUT2D eigenvalue weighted by Crippen LogP contribution is 2.29. The van der Waals surface area contributed by atoms with Crippen LogP contribution in [-0.4, -0.2) is 20.6 Å². The van der Waals surface area contributed by atoms with E-state index in [1.165, 1.54) is 6.20 Å². The Morgan fingerprint density at radius 3 is 2.80 bits per heavy atom. The number of hydrogen-bond donors (Lipinski definition) is 2. The molecule has 7 nitrogen and oxygen atoms in total. The quantitative estimate of drug-likeness (QED) is 0.607. The van der Waals surface area contributed by atoms with E-state index in [2.05, 4.69) is 25.9 Å². The van der Waals surface area contributed by atoms with Crippen molar-refractivity contribution in [2.75, 3.05) is 5.32 Å². The molecule has 0 spiro atoms. The lowest BCUT2D eigenvalue weighted by atomic mass is 10.2. The van der Waals surface area contributed by atoms with Crippen molar-refractivity contribution >= 4 is 45.5 Å². The number of aromatic nitrogens is 4. The van der Waals surface area contributed by atoms with Gasteiger partial charge in [-0.2, -0.15) is 15.7 Å². The lowest BCUT2D eigenvalue weighted by Crippen LogP contribution is -1.96. The predicted molar refractivity (Wildman–Crippen MR) is 80.3 cm³/mol. The zero-order chi connectivity index (χ0) is 14.5. The van der Waals surface area contributed by atoms with E-state index in [1.54, 1.807) is 12.1 Å². The number of tetrazole rings is 1. The number of nitrogens with zero attached hydrogens (tertiary/aromatic N) is 5. The van der Waals surface area contributed by atoms with Gasteiger partial charge in [-0.1, -0.05) is 11.6 Å². The molecule has 0 fully saturated rings. The minimum absolute atomic E-state index is 0.180. The molecule has 2 N–H and O–H groups in total. The first-order valence-corrected chi connectivity index (χ1v) is 6.61. The predicted octanol–water partition coefficient (Wildman–Crippen LogP) is 2.31. The van der Waals surface area contributed by atoms with Gasteiger partial charge in [-0.15, -0.1) is 10.2 Å². The third kappa shape index (κ3) is 3.04.